The first-order chi connectivity index (χ1) is 8.55. The lowest BCUT2D eigenvalue weighted by molar-refractivity contribution is 0.157. The number of nitrogens with zero attached hydrogens (tertiary/aromatic N) is 1. The predicted molar refractivity (Wildman–Crippen MR) is 65.8 cm³/mol. The summed E-state index contributed by atoms with van der Waals surface area (Å²) in [7, 11) is -2.09. The molecule has 6 nitrogen and oxygen atoms in total. The highest BCUT2D eigenvalue weighted by molar-refractivity contribution is 7.89. The summed E-state index contributed by atoms with van der Waals surface area (Å²) >= 11 is 0. The van der Waals surface area contributed by atoms with E-state index < -0.39 is 15.5 Å². The number of pyridine rings is 1. The van der Waals surface area contributed by atoms with E-state index in [1.165, 1.54) is 22.8 Å². The molecule has 1 unspecified atom stereocenters. The van der Waals surface area contributed by atoms with Crippen LogP contribution in [0.3, 0.4) is 0 Å². The number of H-pyrrole nitrogens is 1. The maximum Gasteiger partial charge on any atom is 0.248 e. The normalized spacial score (nSPS) is 21.3. The molecule has 7 heteroatoms. The van der Waals surface area contributed by atoms with Crippen molar-refractivity contribution in [3.05, 3.63) is 28.7 Å². The lowest BCUT2D eigenvalue weighted by Gasteiger charge is -2.15. The van der Waals surface area contributed by atoms with Crippen molar-refractivity contribution in [2.75, 3.05) is 26.8 Å². The van der Waals surface area contributed by atoms with Crippen LogP contribution < -0.4 is 5.43 Å². The van der Waals surface area contributed by atoms with E-state index in [-0.39, 0.29) is 10.8 Å². The van der Waals surface area contributed by atoms with Crippen molar-refractivity contribution in [1.29, 1.82) is 0 Å². The van der Waals surface area contributed by atoms with Gasteiger partial charge in [0.15, 0.2) is 0 Å². The minimum absolute atomic E-state index is 0.192. The molecule has 0 radical (unpaired) electrons. The Hall–Kier alpha value is -1.18. The first-order valence-electron chi connectivity index (χ1n) is 5.72. The standard InChI is InChI=1S/C11H16N2O4S/c1-17-8-9-3-5-13(7-9)18(15,16)11-6-12-4-2-10(11)14/h2,4,6,9H,3,5,7-8H2,1H3,(H,12,14). The highest BCUT2D eigenvalue weighted by atomic mass is 32.2. The third-order valence-corrected chi connectivity index (χ3v) is 4.94. The lowest BCUT2D eigenvalue weighted by atomic mass is 10.1. The summed E-state index contributed by atoms with van der Waals surface area (Å²) in [5.74, 6) is 0.201. The molecule has 1 fully saturated rings. The fourth-order valence-electron chi connectivity index (χ4n) is 2.13. The van der Waals surface area contributed by atoms with E-state index in [2.05, 4.69) is 4.98 Å². The zero-order valence-electron chi connectivity index (χ0n) is 10.1. The number of nitrogens with one attached hydrogen (secondary N) is 1. The molecule has 100 valence electrons. The Morgan fingerprint density at radius 1 is 1.56 bits per heavy atom. The van der Waals surface area contributed by atoms with Crippen molar-refractivity contribution in [2.24, 2.45) is 5.92 Å². The summed E-state index contributed by atoms with van der Waals surface area (Å²) < 4.78 is 30.9. The Bertz CT molecular complexity index is 566. The van der Waals surface area contributed by atoms with Crippen LogP contribution in [-0.2, 0) is 14.8 Å². The first-order valence-corrected chi connectivity index (χ1v) is 7.16. The average molecular weight is 272 g/mol. The van der Waals surface area contributed by atoms with E-state index in [0.29, 0.717) is 19.7 Å². The Kier molecular flexibility index (Phi) is 3.84. The van der Waals surface area contributed by atoms with E-state index in [1.807, 2.05) is 0 Å². The van der Waals surface area contributed by atoms with Crippen LogP contribution in [0.5, 0.6) is 0 Å². The number of rotatable bonds is 4. The van der Waals surface area contributed by atoms with Gasteiger partial charge in [0.1, 0.15) is 4.90 Å². The summed E-state index contributed by atoms with van der Waals surface area (Å²) in [6.45, 7) is 1.38. The highest BCUT2D eigenvalue weighted by Gasteiger charge is 2.33. The maximum atomic E-state index is 12.3. The minimum atomic E-state index is -3.69. The molecule has 1 aromatic rings. The molecule has 0 saturated carbocycles. The second-order valence-electron chi connectivity index (χ2n) is 4.35. The van der Waals surface area contributed by atoms with Gasteiger partial charge in [0.25, 0.3) is 0 Å². The molecule has 0 aliphatic carbocycles. The number of methoxy groups -OCH3 is 1. The summed E-state index contributed by atoms with van der Waals surface area (Å²) in [6.07, 6.45) is 3.41. The molecule has 0 aromatic carbocycles. The SMILES string of the molecule is COCC1CCN(S(=O)(=O)c2c[nH]ccc2=O)C1. The van der Waals surface area contributed by atoms with E-state index >= 15 is 0 Å². The molecule has 1 aliphatic heterocycles. The van der Waals surface area contributed by atoms with Gasteiger partial charge in [-0.2, -0.15) is 4.31 Å². The molecule has 1 atom stereocenters. The highest BCUT2D eigenvalue weighted by Crippen LogP contribution is 2.22. The zero-order valence-corrected chi connectivity index (χ0v) is 10.9. The molecule has 0 amide bonds. The lowest BCUT2D eigenvalue weighted by Crippen LogP contribution is -2.32. The monoisotopic (exact) mass is 272 g/mol. The molecule has 2 rings (SSSR count). The second-order valence-corrected chi connectivity index (χ2v) is 6.25. The number of hydrogen-bond acceptors (Lipinski definition) is 4. The van der Waals surface area contributed by atoms with E-state index in [0.717, 1.165) is 6.42 Å². The third kappa shape index (κ3) is 2.47. The summed E-state index contributed by atoms with van der Waals surface area (Å²) in [5, 5.41) is 0. The third-order valence-electron chi connectivity index (χ3n) is 3.06. The van der Waals surface area contributed by atoms with Gasteiger partial charge in [0, 0.05) is 38.7 Å². The maximum absolute atomic E-state index is 12.3. The van der Waals surface area contributed by atoms with Crippen LogP contribution in [0.1, 0.15) is 6.42 Å². The molecule has 2 heterocycles. The summed E-state index contributed by atoms with van der Waals surface area (Å²) in [4.78, 5) is 14.0. The molecule has 18 heavy (non-hydrogen) atoms. The Morgan fingerprint density at radius 2 is 2.33 bits per heavy atom. The smallest absolute Gasteiger partial charge is 0.248 e. The van der Waals surface area contributed by atoms with Gasteiger partial charge in [0.2, 0.25) is 15.5 Å². The summed E-state index contributed by atoms with van der Waals surface area (Å²) in [6, 6.07) is 1.22. The largest absolute Gasteiger partial charge is 0.384 e. The van der Waals surface area contributed by atoms with Gasteiger partial charge in [-0.15, -0.1) is 0 Å². The number of aromatic nitrogens is 1. The predicted octanol–water partition coefficient (Wildman–Crippen LogP) is 0.0319. The number of ether oxygens (including phenoxy) is 1. The van der Waals surface area contributed by atoms with Crippen LogP contribution >= 0.6 is 0 Å². The van der Waals surface area contributed by atoms with Gasteiger partial charge in [-0.1, -0.05) is 0 Å². The van der Waals surface area contributed by atoms with E-state index in [4.69, 9.17) is 4.74 Å². The Morgan fingerprint density at radius 3 is 3.00 bits per heavy atom. The van der Waals surface area contributed by atoms with Crippen molar-refractivity contribution in [1.82, 2.24) is 9.29 Å². The minimum Gasteiger partial charge on any atom is -0.384 e. The molecule has 1 N–H and O–H groups in total. The fraction of sp³-hybridized carbons (Fsp3) is 0.545. The number of aromatic amines is 1. The Balaban J connectivity index is 2.24. The van der Waals surface area contributed by atoms with Gasteiger partial charge < -0.3 is 9.72 Å². The van der Waals surface area contributed by atoms with Crippen molar-refractivity contribution in [3.8, 4) is 0 Å². The van der Waals surface area contributed by atoms with Crippen LogP contribution in [0.2, 0.25) is 0 Å². The quantitative estimate of drug-likeness (QED) is 0.838. The van der Waals surface area contributed by atoms with E-state index in [9.17, 15) is 13.2 Å². The van der Waals surface area contributed by atoms with Gasteiger partial charge in [-0.25, -0.2) is 8.42 Å². The first kappa shape index (κ1) is 13.3. The number of hydrogen-bond donors (Lipinski definition) is 1. The molecule has 1 aliphatic rings. The molecular formula is C11H16N2O4S. The van der Waals surface area contributed by atoms with Crippen molar-refractivity contribution in [2.45, 2.75) is 11.3 Å². The van der Waals surface area contributed by atoms with Crippen LogP contribution in [0.25, 0.3) is 0 Å². The number of sulfonamides is 1. The van der Waals surface area contributed by atoms with Crippen molar-refractivity contribution < 1.29 is 13.2 Å². The van der Waals surface area contributed by atoms with Gasteiger partial charge in [-0.05, 0) is 12.3 Å². The van der Waals surface area contributed by atoms with Crippen molar-refractivity contribution >= 4 is 10.0 Å². The topological polar surface area (TPSA) is 79.5 Å². The molecule has 0 bridgehead atoms. The molecule has 1 aromatic heterocycles. The van der Waals surface area contributed by atoms with Crippen molar-refractivity contribution in [3.63, 3.8) is 0 Å². The Labute approximate surface area is 106 Å². The van der Waals surface area contributed by atoms with Gasteiger partial charge >= 0.3 is 0 Å². The van der Waals surface area contributed by atoms with E-state index in [1.54, 1.807) is 7.11 Å². The second kappa shape index (κ2) is 5.21. The van der Waals surface area contributed by atoms with Crippen LogP contribution in [0, 0.1) is 5.92 Å². The van der Waals surface area contributed by atoms with Crippen LogP contribution in [-0.4, -0.2) is 44.5 Å². The van der Waals surface area contributed by atoms with Gasteiger partial charge in [-0.3, -0.25) is 4.79 Å². The zero-order chi connectivity index (χ0) is 13.2. The molecule has 1 saturated heterocycles. The van der Waals surface area contributed by atoms with Crippen LogP contribution in [0.4, 0.5) is 0 Å². The van der Waals surface area contributed by atoms with Gasteiger partial charge in [0.05, 0.1) is 6.61 Å². The molecular weight excluding hydrogens is 256 g/mol. The summed E-state index contributed by atoms with van der Waals surface area (Å²) in [5.41, 5.74) is -0.482. The van der Waals surface area contributed by atoms with Crippen LogP contribution in [0.15, 0.2) is 28.2 Å². The fourth-order valence-corrected chi connectivity index (χ4v) is 3.70. The average Bonchev–Trinajstić information content (AvgIpc) is 2.79. The molecule has 0 spiro atoms.